The summed E-state index contributed by atoms with van der Waals surface area (Å²) in [6, 6.07) is 15.9. The van der Waals surface area contributed by atoms with Gasteiger partial charge in [-0.15, -0.1) is 0 Å². The zero-order valence-corrected chi connectivity index (χ0v) is 8.46. The summed E-state index contributed by atoms with van der Waals surface area (Å²) < 4.78 is 0. The lowest BCUT2D eigenvalue weighted by Crippen LogP contribution is -1.77. The fourth-order valence-corrected chi connectivity index (χ4v) is 1.56. The van der Waals surface area contributed by atoms with Gasteiger partial charge in [0.15, 0.2) is 0 Å². The van der Waals surface area contributed by atoms with Crippen LogP contribution in [-0.2, 0) is 0 Å². The molecule has 0 bridgehead atoms. The fourth-order valence-electron chi connectivity index (χ4n) is 1.37. The van der Waals surface area contributed by atoms with Crippen LogP contribution in [0.3, 0.4) is 0 Å². The van der Waals surface area contributed by atoms with Gasteiger partial charge in [-0.05, 0) is 35.7 Å². The summed E-state index contributed by atoms with van der Waals surface area (Å²) in [6.45, 7) is 3.85. The first-order valence-electron chi connectivity index (χ1n) is 4.44. The molecule has 1 radical (unpaired) electrons. The molecule has 0 spiro atoms. The molecule has 2 rings (SSSR count). The molecule has 2 aromatic rings. The lowest BCUT2D eigenvalue weighted by atomic mass is 10.0. The summed E-state index contributed by atoms with van der Waals surface area (Å²) in [7, 11) is 0. The topological polar surface area (TPSA) is 0 Å². The van der Waals surface area contributed by atoms with Gasteiger partial charge in [-0.1, -0.05) is 48.0 Å². The van der Waals surface area contributed by atoms with Crippen LogP contribution in [0.1, 0.15) is 5.56 Å². The Morgan fingerprint density at radius 1 is 0.857 bits per heavy atom. The van der Waals surface area contributed by atoms with E-state index in [2.05, 4.69) is 6.92 Å². The first kappa shape index (κ1) is 9.29. The second kappa shape index (κ2) is 3.85. The van der Waals surface area contributed by atoms with E-state index < -0.39 is 0 Å². The predicted molar refractivity (Wildman–Crippen MR) is 61.3 cm³/mol. The molecule has 0 saturated carbocycles. The van der Waals surface area contributed by atoms with E-state index in [0.717, 1.165) is 16.1 Å². The van der Waals surface area contributed by atoms with Crippen molar-refractivity contribution in [1.82, 2.24) is 0 Å². The fraction of sp³-hybridized carbons (Fsp3) is 0. The molecule has 69 valence electrons. The lowest BCUT2D eigenvalue weighted by molar-refractivity contribution is 1.58. The highest BCUT2D eigenvalue weighted by atomic mass is 35.5. The third-order valence-corrected chi connectivity index (χ3v) is 2.35. The molecule has 0 amide bonds. The summed E-state index contributed by atoms with van der Waals surface area (Å²) in [4.78, 5) is 0. The highest BCUT2D eigenvalue weighted by Gasteiger charge is 1.96. The maximum Gasteiger partial charge on any atom is 0.0412 e. The van der Waals surface area contributed by atoms with Crippen LogP contribution in [-0.4, -0.2) is 0 Å². The molecule has 0 N–H and O–H groups in total. The molecule has 0 aliphatic rings. The van der Waals surface area contributed by atoms with Crippen LogP contribution in [0.4, 0.5) is 0 Å². The van der Waals surface area contributed by atoms with Crippen LogP contribution in [0.25, 0.3) is 11.1 Å². The minimum absolute atomic E-state index is 0.765. The normalized spacial score (nSPS) is 10.1. The van der Waals surface area contributed by atoms with E-state index in [4.69, 9.17) is 11.6 Å². The summed E-state index contributed by atoms with van der Waals surface area (Å²) in [6.07, 6.45) is 0. The van der Waals surface area contributed by atoms with Crippen molar-refractivity contribution in [3.8, 4) is 11.1 Å². The van der Waals surface area contributed by atoms with E-state index in [1.807, 2.05) is 48.5 Å². The summed E-state index contributed by atoms with van der Waals surface area (Å²) >= 11 is 5.91. The molecular weight excluding hydrogens is 192 g/mol. The summed E-state index contributed by atoms with van der Waals surface area (Å²) in [5, 5.41) is 0.765. The van der Waals surface area contributed by atoms with Crippen molar-refractivity contribution >= 4 is 11.6 Å². The van der Waals surface area contributed by atoms with Crippen molar-refractivity contribution in [3.63, 3.8) is 0 Å². The zero-order valence-electron chi connectivity index (χ0n) is 7.70. The second-order valence-corrected chi connectivity index (χ2v) is 3.64. The predicted octanol–water partition coefficient (Wildman–Crippen LogP) is 4.19. The van der Waals surface area contributed by atoms with Crippen molar-refractivity contribution in [2.24, 2.45) is 0 Å². The molecule has 2 aromatic carbocycles. The Bertz CT molecular complexity index is 429. The molecule has 0 fully saturated rings. The number of benzene rings is 2. The Morgan fingerprint density at radius 3 is 2.21 bits per heavy atom. The Morgan fingerprint density at radius 2 is 1.57 bits per heavy atom. The van der Waals surface area contributed by atoms with Gasteiger partial charge in [0.1, 0.15) is 0 Å². The van der Waals surface area contributed by atoms with Gasteiger partial charge in [0.05, 0.1) is 0 Å². The van der Waals surface area contributed by atoms with Crippen LogP contribution < -0.4 is 0 Å². The van der Waals surface area contributed by atoms with Crippen molar-refractivity contribution in [3.05, 3.63) is 66.0 Å². The van der Waals surface area contributed by atoms with Crippen molar-refractivity contribution in [1.29, 1.82) is 0 Å². The van der Waals surface area contributed by atoms with Crippen molar-refractivity contribution < 1.29 is 0 Å². The van der Waals surface area contributed by atoms with E-state index in [9.17, 15) is 0 Å². The molecule has 0 saturated heterocycles. The highest BCUT2D eigenvalue weighted by molar-refractivity contribution is 6.30. The summed E-state index contributed by atoms with van der Waals surface area (Å²) in [5.41, 5.74) is 3.33. The number of rotatable bonds is 1. The third-order valence-electron chi connectivity index (χ3n) is 2.11. The van der Waals surface area contributed by atoms with Crippen molar-refractivity contribution in [2.75, 3.05) is 0 Å². The Labute approximate surface area is 89.2 Å². The van der Waals surface area contributed by atoms with Gasteiger partial charge in [-0.3, -0.25) is 0 Å². The highest BCUT2D eigenvalue weighted by Crippen LogP contribution is 2.22. The van der Waals surface area contributed by atoms with Crippen LogP contribution in [0, 0.1) is 6.92 Å². The monoisotopic (exact) mass is 201 g/mol. The van der Waals surface area contributed by atoms with E-state index in [-0.39, 0.29) is 0 Å². The maximum absolute atomic E-state index is 5.91. The Kier molecular flexibility index (Phi) is 2.55. The van der Waals surface area contributed by atoms with Gasteiger partial charge in [0, 0.05) is 5.02 Å². The Hall–Kier alpha value is -1.27. The molecule has 1 heteroatoms. The van der Waals surface area contributed by atoms with Gasteiger partial charge < -0.3 is 0 Å². The van der Waals surface area contributed by atoms with Gasteiger partial charge in [-0.2, -0.15) is 0 Å². The smallest absolute Gasteiger partial charge is 0.0412 e. The van der Waals surface area contributed by atoms with Crippen LogP contribution in [0.2, 0.25) is 5.02 Å². The van der Waals surface area contributed by atoms with Gasteiger partial charge in [-0.25, -0.2) is 0 Å². The van der Waals surface area contributed by atoms with E-state index in [0.29, 0.717) is 0 Å². The zero-order chi connectivity index (χ0) is 9.97. The average Bonchev–Trinajstić information content (AvgIpc) is 2.19. The average molecular weight is 202 g/mol. The largest absolute Gasteiger partial charge is 0.0843 e. The minimum atomic E-state index is 0.765. The SMILES string of the molecule is [CH2]c1ccc(-c2cccc(Cl)c2)cc1. The maximum atomic E-state index is 5.91. The first-order valence-corrected chi connectivity index (χ1v) is 4.81. The number of halogens is 1. The molecular formula is C13H10Cl. The molecule has 14 heavy (non-hydrogen) atoms. The molecule has 0 nitrogen and oxygen atoms in total. The number of hydrogen-bond acceptors (Lipinski definition) is 0. The van der Waals surface area contributed by atoms with E-state index >= 15 is 0 Å². The van der Waals surface area contributed by atoms with Crippen LogP contribution in [0.5, 0.6) is 0 Å². The van der Waals surface area contributed by atoms with Crippen molar-refractivity contribution in [2.45, 2.75) is 0 Å². The summed E-state index contributed by atoms with van der Waals surface area (Å²) in [5.74, 6) is 0. The van der Waals surface area contributed by atoms with E-state index in [1.165, 1.54) is 5.56 Å². The molecule has 0 unspecified atom stereocenters. The molecule has 0 aliphatic carbocycles. The van der Waals surface area contributed by atoms with Gasteiger partial charge in [0.2, 0.25) is 0 Å². The quantitative estimate of drug-likeness (QED) is 0.649. The molecule has 0 heterocycles. The second-order valence-electron chi connectivity index (χ2n) is 3.21. The Balaban J connectivity index is 2.44. The lowest BCUT2D eigenvalue weighted by Gasteiger charge is -2.02. The first-order chi connectivity index (χ1) is 6.75. The molecule has 0 aliphatic heterocycles. The number of hydrogen-bond donors (Lipinski definition) is 0. The standard InChI is InChI=1S/C13H10Cl/c1-10-5-7-11(8-6-10)12-3-2-4-13(14)9-12/h2-9H,1H2. The minimum Gasteiger partial charge on any atom is -0.0843 e. The third kappa shape index (κ3) is 1.97. The van der Waals surface area contributed by atoms with Gasteiger partial charge >= 0.3 is 0 Å². The molecule has 0 atom stereocenters. The van der Waals surface area contributed by atoms with Crippen LogP contribution >= 0.6 is 11.6 Å². The molecule has 0 aromatic heterocycles. The van der Waals surface area contributed by atoms with Gasteiger partial charge in [0.25, 0.3) is 0 Å². The van der Waals surface area contributed by atoms with Crippen LogP contribution in [0.15, 0.2) is 48.5 Å². The van der Waals surface area contributed by atoms with E-state index in [1.54, 1.807) is 0 Å².